The van der Waals surface area contributed by atoms with Gasteiger partial charge in [-0.15, -0.1) is 0 Å². The van der Waals surface area contributed by atoms with Crippen molar-refractivity contribution >= 4 is 17.9 Å². The van der Waals surface area contributed by atoms with Crippen LogP contribution in [0.15, 0.2) is 60.8 Å². The van der Waals surface area contributed by atoms with Crippen LogP contribution in [0.2, 0.25) is 0 Å². The summed E-state index contributed by atoms with van der Waals surface area (Å²) in [5, 5.41) is 0. The van der Waals surface area contributed by atoms with E-state index in [4.69, 9.17) is 14.2 Å². The molecular formula is C65H116O6. The maximum Gasteiger partial charge on any atom is 0.306 e. The fraction of sp³-hybridized carbons (Fsp3) is 0.800. The molecule has 0 heterocycles. The molecule has 0 amide bonds. The summed E-state index contributed by atoms with van der Waals surface area (Å²) in [6.07, 6.45) is 75.1. The lowest BCUT2D eigenvalue weighted by atomic mass is 10.0. The third kappa shape index (κ3) is 57.9. The van der Waals surface area contributed by atoms with Crippen molar-refractivity contribution in [2.45, 2.75) is 322 Å². The second-order valence-corrected chi connectivity index (χ2v) is 20.6. The largest absolute Gasteiger partial charge is 0.462 e. The molecule has 71 heavy (non-hydrogen) atoms. The molecule has 0 N–H and O–H groups in total. The van der Waals surface area contributed by atoms with Gasteiger partial charge < -0.3 is 14.2 Å². The van der Waals surface area contributed by atoms with E-state index in [-0.39, 0.29) is 31.1 Å². The minimum atomic E-state index is -0.791. The molecule has 0 aromatic rings. The first-order chi connectivity index (χ1) is 35.0. The predicted octanol–water partition coefficient (Wildman–Crippen LogP) is 20.8. The standard InChI is InChI=1S/C65H116O6/c1-4-7-10-13-16-19-22-25-28-30-32-34-37-40-43-46-49-52-55-58-64(67)70-61-62(60-69-63(66)57-54-51-48-45-42-39-36-27-24-21-18-15-12-9-6-3)71-65(68)59-56-53-50-47-44-41-38-35-33-31-29-26-23-20-17-14-11-8-5-2/h9,12,18,21,25,27-28,36,42,45,62H,4-8,10-11,13-17,19-20,22-24,26,29-35,37-41,43-44,46-61H2,1-3H3/b12-9-,21-18-,28-25-,36-27-,45-42-. The Bertz CT molecular complexity index is 1280. The summed E-state index contributed by atoms with van der Waals surface area (Å²) >= 11 is 0. The lowest BCUT2D eigenvalue weighted by molar-refractivity contribution is -0.167. The van der Waals surface area contributed by atoms with Crippen LogP contribution in [0.1, 0.15) is 316 Å². The van der Waals surface area contributed by atoms with Crippen LogP contribution in [0.4, 0.5) is 0 Å². The molecule has 6 nitrogen and oxygen atoms in total. The molecule has 0 rings (SSSR count). The van der Waals surface area contributed by atoms with Crippen molar-refractivity contribution in [3.63, 3.8) is 0 Å². The molecule has 0 bridgehead atoms. The van der Waals surface area contributed by atoms with Gasteiger partial charge in [-0.05, 0) is 83.5 Å². The molecule has 1 unspecified atom stereocenters. The quantitative estimate of drug-likeness (QED) is 0.0261. The second-order valence-electron chi connectivity index (χ2n) is 20.6. The molecular weight excluding hydrogens is 877 g/mol. The highest BCUT2D eigenvalue weighted by atomic mass is 16.6. The maximum absolute atomic E-state index is 12.9. The first kappa shape index (κ1) is 68.1. The van der Waals surface area contributed by atoms with E-state index in [1.165, 1.54) is 193 Å². The van der Waals surface area contributed by atoms with E-state index in [0.717, 1.165) is 83.5 Å². The van der Waals surface area contributed by atoms with Gasteiger partial charge in [-0.2, -0.15) is 0 Å². The van der Waals surface area contributed by atoms with Crippen LogP contribution in [0, 0.1) is 0 Å². The number of allylic oxidation sites excluding steroid dienone is 10. The Labute approximate surface area is 440 Å². The third-order valence-electron chi connectivity index (χ3n) is 13.5. The Hall–Kier alpha value is -2.89. The van der Waals surface area contributed by atoms with Crippen LogP contribution in [-0.2, 0) is 28.6 Å². The van der Waals surface area contributed by atoms with Crippen LogP contribution in [-0.4, -0.2) is 37.2 Å². The van der Waals surface area contributed by atoms with Gasteiger partial charge in [-0.1, -0.05) is 274 Å². The van der Waals surface area contributed by atoms with E-state index in [0.29, 0.717) is 19.3 Å². The monoisotopic (exact) mass is 993 g/mol. The molecule has 0 spiro atoms. The average molecular weight is 994 g/mol. The van der Waals surface area contributed by atoms with Crippen molar-refractivity contribution in [3.05, 3.63) is 60.8 Å². The molecule has 0 radical (unpaired) electrons. The first-order valence-corrected chi connectivity index (χ1v) is 30.8. The van der Waals surface area contributed by atoms with E-state index in [1.807, 2.05) is 0 Å². The molecule has 0 aromatic heterocycles. The second kappa shape index (κ2) is 59.7. The minimum Gasteiger partial charge on any atom is -0.462 e. The van der Waals surface area contributed by atoms with Gasteiger partial charge >= 0.3 is 17.9 Å². The van der Waals surface area contributed by atoms with Crippen LogP contribution in [0.3, 0.4) is 0 Å². The lowest BCUT2D eigenvalue weighted by Gasteiger charge is -2.18. The highest BCUT2D eigenvalue weighted by Crippen LogP contribution is 2.17. The number of hydrogen-bond acceptors (Lipinski definition) is 6. The highest BCUT2D eigenvalue weighted by molar-refractivity contribution is 5.71. The smallest absolute Gasteiger partial charge is 0.306 e. The Balaban J connectivity index is 4.38. The molecule has 0 fully saturated rings. The highest BCUT2D eigenvalue weighted by Gasteiger charge is 2.19. The zero-order chi connectivity index (χ0) is 51.4. The molecule has 1 atom stereocenters. The molecule has 412 valence electrons. The molecule has 0 aliphatic rings. The summed E-state index contributed by atoms with van der Waals surface area (Å²) in [7, 11) is 0. The number of unbranched alkanes of at least 4 members (excludes halogenated alkanes) is 35. The molecule has 0 saturated heterocycles. The summed E-state index contributed by atoms with van der Waals surface area (Å²) in [5.41, 5.74) is 0. The van der Waals surface area contributed by atoms with Crippen LogP contribution < -0.4 is 0 Å². The molecule has 0 aromatic carbocycles. The Morgan fingerprint density at radius 3 is 0.901 bits per heavy atom. The maximum atomic E-state index is 12.9. The van der Waals surface area contributed by atoms with E-state index in [2.05, 4.69) is 81.5 Å². The van der Waals surface area contributed by atoms with E-state index >= 15 is 0 Å². The predicted molar refractivity (Wildman–Crippen MR) is 307 cm³/mol. The SMILES string of the molecule is CC/C=C\C/C=C\C/C=C\C/C=C\CCCCC(=O)OCC(COC(=O)CCCCCCCCCCC/C=C\CCCCCCCC)OC(=O)CCCCCCCCCCCCCCCCCCCCC. The van der Waals surface area contributed by atoms with Crippen molar-refractivity contribution < 1.29 is 28.6 Å². The zero-order valence-electron chi connectivity index (χ0n) is 47.2. The van der Waals surface area contributed by atoms with Crippen molar-refractivity contribution in [1.82, 2.24) is 0 Å². The molecule has 6 heteroatoms. The summed E-state index contributed by atoms with van der Waals surface area (Å²) in [5.74, 6) is -0.914. The number of hydrogen-bond donors (Lipinski definition) is 0. The van der Waals surface area contributed by atoms with Gasteiger partial charge in [0.15, 0.2) is 6.10 Å². The number of carbonyl (C=O) groups is 3. The molecule has 0 aliphatic carbocycles. The average Bonchev–Trinajstić information content (AvgIpc) is 3.37. The van der Waals surface area contributed by atoms with Gasteiger partial charge in [0.2, 0.25) is 0 Å². The van der Waals surface area contributed by atoms with Crippen molar-refractivity contribution in [1.29, 1.82) is 0 Å². The fourth-order valence-corrected chi connectivity index (χ4v) is 8.90. The van der Waals surface area contributed by atoms with Crippen LogP contribution in [0.5, 0.6) is 0 Å². The summed E-state index contributed by atoms with van der Waals surface area (Å²) in [6, 6.07) is 0. The molecule has 0 aliphatic heterocycles. The summed E-state index contributed by atoms with van der Waals surface area (Å²) in [4.78, 5) is 38.2. The van der Waals surface area contributed by atoms with Crippen molar-refractivity contribution in [3.8, 4) is 0 Å². The van der Waals surface area contributed by atoms with Gasteiger partial charge in [0, 0.05) is 19.3 Å². The number of rotatable bonds is 56. The minimum absolute atomic E-state index is 0.0855. The van der Waals surface area contributed by atoms with Gasteiger partial charge in [-0.3, -0.25) is 14.4 Å². The van der Waals surface area contributed by atoms with Gasteiger partial charge in [0.25, 0.3) is 0 Å². The Kier molecular flexibility index (Phi) is 57.2. The van der Waals surface area contributed by atoms with E-state index in [9.17, 15) is 14.4 Å². The fourth-order valence-electron chi connectivity index (χ4n) is 8.90. The number of carbonyl (C=O) groups excluding carboxylic acids is 3. The van der Waals surface area contributed by atoms with Gasteiger partial charge in [0.1, 0.15) is 13.2 Å². The lowest BCUT2D eigenvalue weighted by Crippen LogP contribution is -2.30. The summed E-state index contributed by atoms with van der Waals surface area (Å²) in [6.45, 7) is 6.53. The molecule has 0 saturated carbocycles. The first-order valence-electron chi connectivity index (χ1n) is 30.8. The normalized spacial score (nSPS) is 12.4. The summed E-state index contributed by atoms with van der Waals surface area (Å²) < 4.78 is 16.9. The number of ether oxygens (including phenoxy) is 3. The van der Waals surface area contributed by atoms with Crippen LogP contribution in [0.25, 0.3) is 0 Å². The zero-order valence-corrected chi connectivity index (χ0v) is 47.2. The Morgan fingerprint density at radius 1 is 0.296 bits per heavy atom. The van der Waals surface area contributed by atoms with E-state index in [1.54, 1.807) is 0 Å². The third-order valence-corrected chi connectivity index (χ3v) is 13.5. The van der Waals surface area contributed by atoms with E-state index < -0.39 is 6.10 Å². The van der Waals surface area contributed by atoms with Gasteiger partial charge in [0.05, 0.1) is 0 Å². The van der Waals surface area contributed by atoms with Crippen LogP contribution >= 0.6 is 0 Å². The Morgan fingerprint density at radius 2 is 0.549 bits per heavy atom. The van der Waals surface area contributed by atoms with Crippen molar-refractivity contribution in [2.75, 3.05) is 13.2 Å². The number of esters is 3. The van der Waals surface area contributed by atoms with Gasteiger partial charge in [-0.25, -0.2) is 0 Å². The topological polar surface area (TPSA) is 78.9 Å². The van der Waals surface area contributed by atoms with Crippen molar-refractivity contribution in [2.24, 2.45) is 0 Å².